The maximum atomic E-state index is 11.8. The Kier molecular flexibility index (Phi) is 4.06. The summed E-state index contributed by atoms with van der Waals surface area (Å²) in [6, 6.07) is -0.163. The lowest BCUT2D eigenvalue weighted by molar-refractivity contribution is -0.133. The van der Waals surface area contributed by atoms with Crippen LogP contribution < -0.4 is 5.32 Å². The molecule has 1 heterocycles. The van der Waals surface area contributed by atoms with Crippen molar-refractivity contribution in [2.24, 2.45) is 10.2 Å². The van der Waals surface area contributed by atoms with Gasteiger partial charge in [0.25, 0.3) is 0 Å². The van der Waals surface area contributed by atoms with Crippen molar-refractivity contribution < 1.29 is 13.2 Å². The standard InChI is InChI=1S/C7H9BrF3N3/c8-6-3-5(4-13-14-6)12-2-1-7(9,10)11/h4-5,12H,1-3H2. The number of nitrogens with zero attached hydrogens (tertiary/aromatic N) is 2. The fourth-order valence-electron chi connectivity index (χ4n) is 0.976. The molecule has 1 aliphatic heterocycles. The zero-order chi connectivity index (χ0) is 10.6. The molecule has 1 atom stereocenters. The van der Waals surface area contributed by atoms with Gasteiger partial charge in [0.05, 0.1) is 12.5 Å². The van der Waals surface area contributed by atoms with Gasteiger partial charge in [-0.3, -0.25) is 0 Å². The van der Waals surface area contributed by atoms with Crippen molar-refractivity contribution in [2.75, 3.05) is 6.54 Å². The van der Waals surface area contributed by atoms with Gasteiger partial charge in [0, 0.05) is 19.2 Å². The van der Waals surface area contributed by atoms with Gasteiger partial charge in [0.2, 0.25) is 0 Å². The number of halogens is 4. The van der Waals surface area contributed by atoms with E-state index < -0.39 is 12.6 Å². The van der Waals surface area contributed by atoms with Crippen molar-refractivity contribution in [3.05, 3.63) is 0 Å². The third-order valence-corrected chi connectivity index (χ3v) is 2.10. The predicted molar refractivity (Wildman–Crippen MR) is 51.9 cm³/mol. The van der Waals surface area contributed by atoms with E-state index in [0.717, 1.165) is 0 Å². The summed E-state index contributed by atoms with van der Waals surface area (Å²) in [6.07, 6.45) is -2.89. The van der Waals surface area contributed by atoms with Crippen LogP contribution in [0.2, 0.25) is 0 Å². The summed E-state index contributed by atoms with van der Waals surface area (Å²) in [6.45, 7) is -0.0968. The fraction of sp³-hybridized carbons (Fsp3) is 0.714. The molecular formula is C7H9BrF3N3. The van der Waals surface area contributed by atoms with E-state index in [1.165, 1.54) is 6.21 Å². The highest BCUT2D eigenvalue weighted by molar-refractivity contribution is 9.18. The summed E-state index contributed by atoms with van der Waals surface area (Å²) < 4.78 is 36.0. The smallest absolute Gasteiger partial charge is 0.308 e. The Balaban J connectivity index is 2.21. The lowest BCUT2D eigenvalue weighted by Crippen LogP contribution is -2.35. The second-order valence-corrected chi connectivity index (χ2v) is 3.79. The van der Waals surface area contributed by atoms with Crippen LogP contribution in [-0.2, 0) is 0 Å². The van der Waals surface area contributed by atoms with Crippen LogP contribution in [0.5, 0.6) is 0 Å². The summed E-state index contributed by atoms with van der Waals surface area (Å²) >= 11 is 3.13. The second-order valence-electron chi connectivity index (χ2n) is 2.87. The van der Waals surface area contributed by atoms with Gasteiger partial charge >= 0.3 is 6.18 Å². The number of alkyl halides is 3. The molecule has 0 saturated heterocycles. The summed E-state index contributed by atoms with van der Waals surface area (Å²) in [4.78, 5) is 0. The number of nitrogens with one attached hydrogen (secondary N) is 1. The van der Waals surface area contributed by atoms with Crippen molar-refractivity contribution in [1.82, 2.24) is 5.32 Å². The maximum absolute atomic E-state index is 11.8. The first kappa shape index (κ1) is 11.6. The monoisotopic (exact) mass is 271 g/mol. The Hall–Kier alpha value is -0.430. The lowest BCUT2D eigenvalue weighted by Gasteiger charge is -2.15. The second kappa shape index (κ2) is 4.88. The van der Waals surface area contributed by atoms with E-state index in [4.69, 9.17) is 0 Å². The van der Waals surface area contributed by atoms with Gasteiger partial charge in [-0.15, -0.1) is 5.10 Å². The maximum Gasteiger partial charge on any atom is 0.390 e. The highest BCUT2D eigenvalue weighted by Gasteiger charge is 2.26. The van der Waals surface area contributed by atoms with Crippen LogP contribution in [0.4, 0.5) is 13.2 Å². The summed E-state index contributed by atoms with van der Waals surface area (Å²) in [5.41, 5.74) is 0. The highest BCUT2D eigenvalue weighted by Crippen LogP contribution is 2.18. The normalized spacial score (nSPS) is 22.3. The SMILES string of the molecule is FC(F)(F)CCNC1C=NN=C(Br)C1. The first-order chi connectivity index (χ1) is 6.47. The molecule has 0 radical (unpaired) electrons. The quantitative estimate of drug-likeness (QED) is 0.839. The molecule has 1 aliphatic rings. The van der Waals surface area contributed by atoms with Gasteiger partial charge < -0.3 is 5.32 Å². The Labute approximate surface area is 87.6 Å². The van der Waals surface area contributed by atoms with E-state index in [-0.39, 0.29) is 12.6 Å². The van der Waals surface area contributed by atoms with Crippen molar-refractivity contribution >= 4 is 26.8 Å². The number of hydrogen-bond donors (Lipinski definition) is 1. The zero-order valence-electron chi connectivity index (χ0n) is 7.18. The van der Waals surface area contributed by atoms with Crippen molar-refractivity contribution in [1.29, 1.82) is 0 Å². The largest absolute Gasteiger partial charge is 0.390 e. The molecule has 0 aliphatic carbocycles. The minimum absolute atomic E-state index is 0.0968. The number of rotatable bonds is 3. The molecule has 0 aromatic rings. The molecule has 0 fully saturated rings. The lowest BCUT2D eigenvalue weighted by atomic mass is 10.2. The van der Waals surface area contributed by atoms with Crippen molar-refractivity contribution in [3.8, 4) is 0 Å². The molecule has 0 aromatic carbocycles. The molecule has 0 aromatic heterocycles. The van der Waals surface area contributed by atoms with Crippen LogP contribution in [-0.4, -0.2) is 29.6 Å². The first-order valence-corrected chi connectivity index (χ1v) is 4.82. The molecule has 0 spiro atoms. The van der Waals surface area contributed by atoms with Crippen LogP contribution in [0.1, 0.15) is 12.8 Å². The van der Waals surface area contributed by atoms with Gasteiger partial charge in [0.1, 0.15) is 4.62 Å². The molecule has 1 N–H and O–H groups in total. The van der Waals surface area contributed by atoms with E-state index in [1.807, 2.05) is 0 Å². The van der Waals surface area contributed by atoms with E-state index in [1.54, 1.807) is 0 Å². The fourth-order valence-corrected chi connectivity index (χ4v) is 1.42. The number of hydrogen-bond acceptors (Lipinski definition) is 3. The third kappa shape index (κ3) is 4.71. The van der Waals surface area contributed by atoms with Gasteiger partial charge in [-0.2, -0.15) is 18.3 Å². The Morgan fingerprint density at radius 3 is 2.86 bits per heavy atom. The van der Waals surface area contributed by atoms with Gasteiger partial charge in [0.15, 0.2) is 0 Å². The molecule has 0 bridgehead atoms. The van der Waals surface area contributed by atoms with E-state index in [0.29, 0.717) is 11.0 Å². The minimum atomic E-state index is -4.11. The molecule has 80 valence electrons. The highest BCUT2D eigenvalue weighted by atomic mass is 79.9. The van der Waals surface area contributed by atoms with Gasteiger partial charge in [-0.1, -0.05) is 0 Å². The van der Waals surface area contributed by atoms with Crippen LogP contribution in [0.25, 0.3) is 0 Å². The minimum Gasteiger partial charge on any atom is -0.308 e. The average molecular weight is 272 g/mol. The zero-order valence-corrected chi connectivity index (χ0v) is 8.77. The van der Waals surface area contributed by atoms with E-state index in [2.05, 4.69) is 31.4 Å². The first-order valence-electron chi connectivity index (χ1n) is 4.03. The Bertz CT molecular complexity index is 249. The van der Waals surface area contributed by atoms with Crippen LogP contribution >= 0.6 is 15.9 Å². The molecule has 3 nitrogen and oxygen atoms in total. The van der Waals surface area contributed by atoms with Crippen LogP contribution in [0.15, 0.2) is 10.2 Å². The molecule has 0 amide bonds. The molecular weight excluding hydrogens is 263 g/mol. The van der Waals surface area contributed by atoms with E-state index in [9.17, 15) is 13.2 Å². The summed E-state index contributed by atoms with van der Waals surface area (Å²) in [5.74, 6) is 0. The molecule has 1 unspecified atom stereocenters. The van der Waals surface area contributed by atoms with E-state index >= 15 is 0 Å². The van der Waals surface area contributed by atoms with Crippen molar-refractivity contribution in [2.45, 2.75) is 25.1 Å². The Morgan fingerprint density at radius 1 is 1.57 bits per heavy atom. The summed E-state index contributed by atoms with van der Waals surface area (Å²) in [7, 11) is 0. The summed E-state index contributed by atoms with van der Waals surface area (Å²) in [5, 5.41) is 10.0. The van der Waals surface area contributed by atoms with Crippen LogP contribution in [0, 0.1) is 0 Å². The predicted octanol–water partition coefficient (Wildman–Crippen LogP) is 2.08. The van der Waals surface area contributed by atoms with Gasteiger partial charge in [-0.25, -0.2) is 0 Å². The molecule has 1 rings (SSSR count). The van der Waals surface area contributed by atoms with Gasteiger partial charge in [-0.05, 0) is 15.9 Å². The Morgan fingerprint density at radius 2 is 2.29 bits per heavy atom. The molecule has 14 heavy (non-hydrogen) atoms. The topological polar surface area (TPSA) is 36.8 Å². The molecule has 0 saturated carbocycles. The van der Waals surface area contributed by atoms with Crippen LogP contribution in [0.3, 0.4) is 0 Å². The van der Waals surface area contributed by atoms with Crippen molar-refractivity contribution in [3.63, 3.8) is 0 Å². The third-order valence-electron chi connectivity index (χ3n) is 1.62. The average Bonchev–Trinajstić information content (AvgIpc) is 2.01. The molecule has 7 heteroatoms.